The van der Waals surface area contributed by atoms with Gasteiger partial charge in [0.15, 0.2) is 5.75 Å². The van der Waals surface area contributed by atoms with E-state index in [0.29, 0.717) is 36.1 Å². The van der Waals surface area contributed by atoms with Crippen LogP contribution in [0, 0.1) is 0 Å². The predicted molar refractivity (Wildman–Crippen MR) is 96.0 cm³/mol. The van der Waals surface area contributed by atoms with Gasteiger partial charge in [-0.15, -0.1) is 5.10 Å². The topological polar surface area (TPSA) is 74.2 Å². The number of benzene rings is 2. The number of halogens is 2. The van der Waals surface area contributed by atoms with Gasteiger partial charge in [-0.2, -0.15) is 0 Å². The first-order valence-electron chi connectivity index (χ1n) is 7.34. The molecule has 0 fully saturated rings. The molecule has 24 heavy (non-hydrogen) atoms. The van der Waals surface area contributed by atoms with Crippen molar-refractivity contribution >= 4 is 33.5 Å². The van der Waals surface area contributed by atoms with Crippen LogP contribution in [0.2, 0.25) is 5.02 Å². The third-order valence-electron chi connectivity index (χ3n) is 3.39. The van der Waals surface area contributed by atoms with Gasteiger partial charge in [0.05, 0.1) is 9.50 Å². The quantitative estimate of drug-likeness (QED) is 0.653. The van der Waals surface area contributed by atoms with Crippen molar-refractivity contribution in [2.24, 2.45) is 0 Å². The molecule has 0 aliphatic heterocycles. The maximum Gasteiger partial charge on any atom is 0.312 e. The van der Waals surface area contributed by atoms with Crippen LogP contribution in [0.5, 0.6) is 5.75 Å². The summed E-state index contributed by atoms with van der Waals surface area (Å²) >= 11 is 9.88. The molecular formula is C17H15BrClN3O2. The Labute approximate surface area is 152 Å². The van der Waals surface area contributed by atoms with Gasteiger partial charge in [-0.25, -0.2) is 0 Å². The summed E-state index contributed by atoms with van der Waals surface area (Å²) in [6.45, 7) is 0.458. The van der Waals surface area contributed by atoms with Crippen LogP contribution in [0.15, 0.2) is 51.4 Å². The summed E-state index contributed by atoms with van der Waals surface area (Å²) in [7, 11) is 0. The number of rotatable bonds is 6. The highest BCUT2D eigenvalue weighted by Gasteiger charge is 2.11. The molecule has 7 heteroatoms. The number of aromatic nitrogens is 2. The summed E-state index contributed by atoms with van der Waals surface area (Å²) in [5.41, 5.74) is 7.53. The maximum atomic E-state index is 6.36. The Morgan fingerprint density at radius 1 is 1.08 bits per heavy atom. The lowest BCUT2D eigenvalue weighted by Gasteiger charge is -2.12. The fourth-order valence-corrected chi connectivity index (χ4v) is 3.28. The lowest BCUT2D eigenvalue weighted by Crippen LogP contribution is -1.98. The molecule has 0 saturated heterocycles. The van der Waals surface area contributed by atoms with Crippen LogP contribution >= 0.6 is 27.5 Å². The van der Waals surface area contributed by atoms with Crippen molar-refractivity contribution in [2.45, 2.75) is 19.4 Å². The standard InChI is InChI=1S/C17H15BrClN3O2/c18-13-8-12(6-7-15-21-22-17(20)24-15)9-14(19)16(13)23-10-11-4-2-1-3-5-11/h1-5,8-9H,6-7,10H2,(H2,20,22). The Kier molecular flexibility index (Phi) is 5.37. The fourth-order valence-electron chi connectivity index (χ4n) is 2.24. The Balaban J connectivity index is 1.66. The van der Waals surface area contributed by atoms with Crippen LogP contribution in [-0.2, 0) is 19.4 Å². The molecule has 0 radical (unpaired) electrons. The van der Waals surface area contributed by atoms with Crippen molar-refractivity contribution in [2.75, 3.05) is 5.73 Å². The Bertz CT molecular complexity index is 801. The van der Waals surface area contributed by atoms with Crippen molar-refractivity contribution < 1.29 is 9.15 Å². The van der Waals surface area contributed by atoms with E-state index in [1.54, 1.807) is 0 Å². The Hall–Kier alpha value is -2.05. The number of hydrogen-bond acceptors (Lipinski definition) is 5. The van der Waals surface area contributed by atoms with E-state index in [1.807, 2.05) is 42.5 Å². The molecule has 0 bridgehead atoms. The van der Waals surface area contributed by atoms with Gasteiger partial charge in [0.25, 0.3) is 0 Å². The second kappa shape index (κ2) is 7.68. The third-order valence-corrected chi connectivity index (χ3v) is 4.26. The number of hydrogen-bond donors (Lipinski definition) is 1. The zero-order chi connectivity index (χ0) is 16.9. The normalized spacial score (nSPS) is 10.8. The number of anilines is 1. The number of nitrogen functional groups attached to an aromatic ring is 1. The summed E-state index contributed by atoms with van der Waals surface area (Å²) in [5.74, 6) is 1.13. The average molecular weight is 409 g/mol. The molecule has 0 aliphatic carbocycles. The van der Waals surface area contributed by atoms with Crippen molar-refractivity contribution in [3.05, 3.63) is 69.0 Å². The van der Waals surface area contributed by atoms with Crippen LogP contribution in [0.3, 0.4) is 0 Å². The molecule has 124 valence electrons. The molecule has 2 N–H and O–H groups in total. The molecule has 5 nitrogen and oxygen atoms in total. The molecule has 0 aliphatic rings. The lowest BCUT2D eigenvalue weighted by atomic mass is 10.1. The first kappa shape index (κ1) is 16.8. The van der Waals surface area contributed by atoms with Gasteiger partial charge in [0.1, 0.15) is 6.61 Å². The summed E-state index contributed by atoms with van der Waals surface area (Å²) in [4.78, 5) is 0. The van der Waals surface area contributed by atoms with Crippen LogP contribution in [0.4, 0.5) is 6.01 Å². The minimum atomic E-state index is 0.0777. The highest BCUT2D eigenvalue weighted by Crippen LogP contribution is 2.35. The number of aryl methyl sites for hydroxylation is 2. The molecule has 0 spiro atoms. The van der Waals surface area contributed by atoms with Crippen molar-refractivity contribution in [1.29, 1.82) is 0 Å². The monoisotopic (exact) mass is 407 g/mol. The van der Waals surface area contributed by atoms with E-state index in [1.165, 1.54) is 0 Å². The molecule has 1 heterocycles. The maximum absolute atomic E-state index is 6.36. The third kappa shape index (κ3) is 4.27. The highest BCUT2D eigenvalue weighted by molar-refractivity contribution is 9.10. The van der Waals surface area contributed by atoms with Gasteiger partial charge in [0.2, 0.25) is 5.89 Å². The van der Waals surface area contributed by atoms with Crippen molar-refractivity contribution in [3.63, 3.8) is 0 Å². The fraction of sp³-hybridized carbons (Fsp3) is 0.176. The van der Waals surface area contributed by atoms with Gasteiger partial charge in [0, 0.05) is 6.42 Å². The van der Waals surface area contributed by atoms with Crippen LogP contribution in [0.25, 0.3) is 0 Å². The SMILES string of the molecule is Nc1nnc(CCc2cc(Cl)c(OCc3ccccc3)c(Br)c2)o1. The van der Waals surface area contributed by atoms with Gasteiger partial charge >= 0.3 is 6.01 Å². The van der Waals surface area contributed by atoms with E-state index in [0.717, 1.165) is 15.6 Å². The predicted octanol–water partition coefficient (Wildman–Crippen LogP) is 4.43. The molecule has 1 aromatic heterocycles. The Morgan fingerprint density at radius 2 is 1.88 bits per heavy atom. The second-order valence-corrected chi connectivity index (χ2v) is 6.46. The summed E-state index contributed by atoms with van der Waals surface area (Å²) in [6.07, 6.45) is 1.30. The van der Waals surface area contributed by atoms with Crippen molar-refractivity contribution in [3.8, 4) is 5.75 Å². The van der Waals surface area contributed by atoms with Crippen LogP contribution in [-0.4, -0.2) is 10.2 Å². The lowest BCUT2D eigenvalue weighted by molar-refractivity contribution is 0.304. The molecule has 0 unspecified atom stereocenters. The highest BCUT2D eigenvalue weighted by atomic mass is 79.9. The summed E-state index contributed by atoms with van der Waals surface area (Å²) in [6, 6.07) is 13.9. The number of nitrogens with two attached hydrogens (primary N) is 1. The van der Waals surface area contributed by atoms with E-state index in [-0.39, 0.29) is 6.01 Å². The van der Waals surface area contributed by atoms with Gasteiger partial charge < -0.3 is 14.9 Å². The minimum absolute atomic E-state index is 0.0777. The summed E-state index contributed by atoms with van der Waals surface area (Å²) < 4.78 is 11.8. The largest absolute Gasteiger partial charge is 0.486 e. The van der Waals surface area contributed by atoms with E-state index >= 15 is 0 Å². The Morgan fingerprint density at radius 3 is 2.54 bits per heavy atom. The van der Waals surface area contributed by atoms with Crippen molar-refractivity contribution in [1.82, 2.24) is 10.2 Å². The molecule has 3 aromatic rings. The number of nitrogens with zero attached hydrogens (tertiary/aromatic N) is 2. The van der Waals surface area contributed by atoms with E-state index < -0.39 is 0 Å². The molecule has 0 atom stereocenters. The summed E-state index contributed by atoms with van der Waals surface area (Å²) in [5, 5.41) is 8.04. The zero-order valence-electron chi connectivity index (χ0n) is 12.7. The van der Waals surface area contributed by atoms with Crippen LogP contribution in [0.1, 0.15) is 17.0 Å². The zero-order valence-corrected chi connectivity index (χ0v) is 15.0. The van der Waals surface area contributed by atoms with Gasteiger partial charge in [-0.3, -0.25) is 0 Å². The second-order valence-electron chi connectivity index (χ2n) is 5.20. The first-order chi connectivity index (χ1) is 11.6. The molecule has 3 rings (SSSR count). The first-order valence-corrected chi connectivity index (χ1v) is 8.51. The minimum Gasteiger partial charge on any atom is -0.486 e. The molecule has 0 amide bonds. The van der Waals surface area contributed by atoms with Crippen LogP contribution < -0.4 is 10.5 Å². The molecule has 0 saturated carbocycles. The van der Waals surface area contributed by atoms with E-state index in [4.69, 9.17) is 26.5 Å². The van der Waals surface area contributed by atoms with Gasteiger partial charge in [-0.05, 0) is 45.6 Å². The smallest absolute Gasteiger partial charge is 0.312 e. The number of ether oxygens (including phenoxy) is 1. The van der Waals surface area contributed by atoms with E-state index in [2.05, 4.69) is 26.1 Å². The molecule has 2 aromatic carbocycles. The molecular weight excluding hydrogens is 394 g/mol. The van der Waals surface area contributed by atoms with Gasteiger partial charge in [-0.1, -0.05) is 47.0 Å². The average Bonchev–Trinajstić information content (AvgIpc) is 2.99. The van der Waals surface area contributed by atoms with E-state index in [9.17, 15) is 0 Å².